The minimum Gasteiger partial charge on any atom is -0.444 e. The Labute approximate surface area is 134 Å². The van der Waals surface area contributed by atoms with Crippen LogP contribution >= 0.6 is 0 Å². The van der Waals surface area contributed by atoms with Crippen molar-refractivity contribution in [3.05, 3.63) is 0 Å². The van der Waals surface area contributed by atoms with Gasteiger partial charge in [0, 0.05) is 13.1 Å². The third-order valence-electron chi connectivity index (χ3n) is 3.87. The molecule has 22 heavy (non-hydrogen) atoms. The molecule has 0 saturated heterocycles. The maximum Gasteiger partial charge on any atom is 0.407 e. The Hall–Kier alpha value is -0.850. The maximum atomic E-state index is 11.7. The summed E-state index contributed by atoms with van der Waals surface area (Å²) < 4.78 is 5.23. The lowest BCUT2D eigenvalue weighted by Crippen LogP contribution is -2.54. The number of carbonyl (C=O) groups is 1. The largest absolute Gasteiger partial charge is 0.444 e. The number of amides is 1. The van der Waals surface area contributed by atoms with Crippen LogP contribution in [0, 0.1) is 11.8 Å². The Kier molecular flexibility index (Phi) is 8.96. The van der Waals surface area contributed by atoms with Gasteiger partial charge in [0.15, 0.2) is 0 Å². The molecular formula is C16H34N2O4. The Morgan fingerprint density at radius 3 is 2.05 bits per heavy atom. The maximum absolute atomic E-state index is 11.7. The molecule has 1 atom stereocenters. The molecule has 0 aromatic rings. The van der Waals surface area contributed by atoms with E-state index in [2.05, 4.69) is 24.5 Å². The molecule has 0 heterocycles. The van der Waals surface area contributed by atoms with Crippen LogP contribution in [0.3, 0.4) is 0 Å². The molecule has 0 aliphatic heterocycles. The lowest BCUT2D eigenvalue weighted by molar-refractivity contribution is 0.0505. The molecule has 1 unspecified atom stereocenters. The molecule has 6 heteroatoms. The van der Waals surface area contributed by atoms with Crippen molar-refractivity contribution < 1.29 is 19.7 Å². The van der Waals surface area contributed by atoms with Crippen molar-refractivity contribution in [3.63, 3.8) is 0 Å². The first kappa shape index (κ1) is 21.1. The summed E-state index contributed by atoms with van der Waals surface area (Å²) in [7, 11) is 0. The zero-order valence-electron chi connectivity index (χ0n) is 14.9. The minimum absolute atomic E-state index is 0.121. The number of aliphatic hydroxyl groups excluding tert-OH is 2. The van der Waals surface area contributed by atoms with Crippen molar-refractivity contribution in [3.8, 4) is 0 Å². The molecule has 6 nitrogen and oxygen atoms in total. The fourth-order valence-corrected chi connectivity index (χ4v) is 1.93. The van der Waals surface area contributed by atoms with E-state index in [0.29, 0.717) is 25.4 Å². The summed E-state index contributed by atoms with van der Waals surface area (Å²) in [5.74, 6) is 0.519. The molecule has 0 radical (unpaired) electrons. The fraction of sp³-hybridized carbons (Fsp3) is 0.938. The SMILES string of the molecule is CCC(CO)(CO)NCC(CNC(=O)OC(C)(C)C)C(C)C. The predicted octanol–water partition coefficient (Wildman–Crippen LogP) is 1.51. The predicted molar refractivity (Wildman–Crippen MR) is 87.8 cm³/mol. The molecule has 4 N–H and O–H groups in total. The van der Waals surface area contributed by atoms with Crippen LogP contribution in [0.2, 0.25) is 0 Å². The summed E-state index contributed by atoms with van der Waals surface area (Å²) in [5.41, 5.74) is -1.18. The van der Waals surface area contributed by atoms with E-state index in [-0.39, 0.29) is 19.1 Å². The highest BCUT2D eigenvalue weighted by Crippen LogP contribution is 2.14. The van der Waals surface area contributed by atoms with Gasteiger partial charge in [0.1, 0.15) is 5.60 Å². The smallest absolute Gasteiger partial charge is 0.407 e. The number of nitrogens with one attached hydrogen (secondary N) is 2. The molecule has 0 bridgehead atoms. The highest BCUT2D eigenvalue weighted by atomic mass is 16.6. The van der Waals surface area contributed by atoms with E-state index in [4.69, 9.17) is 4.74 Å². The van der Waals surface area contributed by atoms with E-state index in [0.717, 1.165) is 0 Å². The number of ether oxygens (including phenoxy) is 1. The van der Waals surface area contributed by atoms with Crippen molar-refractivity contribution in [2.24, 2.45) is 11.8 Å². The molecular weight excluding hydrogens is 284 g/mol. The van der Waals surface area contributed by atoms with Crippen molar-refractivity contribution in [2.45, 2.75) is 59.1 Å². The van der Waals surface area contributed by atoms with Gasteiger partial charge >= 0.3 is 6.09 Å². The molecule has 0 aromatic carbocycles. The lowest BCUT2D eigenvalue weighted by atomic mass is 9.92. The van der Waals surface area contributed by atoms with Gasteiger partial charge < -0.3 is 25.6 Å². The standard InChI is InChI=1S/C16H34N2O4/c1-7-16(10-19,11-20)18-9-13(12(2)3)8-17-14(21)22-15(4,5)6/h12-13,18-20H,7-11H2,1-6H3,(H,17,21). The van der Waals surface area contributed by atoms with Gasteiger partial charge in [-0.25, -0.2) is 4.79 Å². The molecule has 0 saturated carbocycles. The quantitative estimate of drug-likeness (QED) is 0.517. The molecule has 0 rings (SSSR count). The summed E-state index contributed by atoms with van der Waals surface area (Å²) in [5, 5.41) is 25.0. The van der Waals surface area contributed by atoms with Gasteiger partial charge in [-0.2, -0.15) is 0 Å². The van der Waals surface area contributed by atoms with Gasteiger partial charge in [0.2, 0.25) is 0 Å². The van der Waals surface area contributed by atoms with Crippen molar-refractivity contribution in [1.29, 1.82) is 0 Å². The highest BCUT2D eigenvalue weighted by molar-refractivity contribution is 5.67. The average molecular weight is 318 g/mol. The normalized spacial score (nSPS) is 14.0. The number of aliphatic hydroxyl groups is 2. The summed E-state index contributed by atoms with van der Waals surface area (Å²) in [6, 6.07) is 0. The highest BCUT2D eigenvalue weighted by Gasteiger charge is 2.28. The van der Waals surface area contributed by atoms with Gasteiger partial charge in [0.05, 0.1) is 18.8 Å². The summed E-state index contributed by atoms with van der Waals surface area (Å²) in [4.78, 5) is 11.7. The van der Waals surface area contributed by atoms with E-state index < -0.39 is 17.2 Å². The summed E-state index contributed by atoms with van der Waals surface area (Å²) in [6.45, 7) is 12.4. The first-order valence-electron chi connectivity index (χ1n) is 8.02. The van der Waals surface area contributed by atoms with Gasteiger partial charge in [0.25, 0.3) is 0 Å². The van der Waals surface area contributed by atoms with Crippen molar-refractivity contribution in [1.82, 2.24) is 10.6 Å². The van der Waals surface area contributed by atoms with E-state index in [1.165, 1.54) is 0 Å². The topological polar surface area (TPSA) is 90.8 Å². The molecule has 1 amide bonds. The Morgan fingerprint density at radius 1 is 1.14 bits per heavy atom. The Bertz CT molecular complexity index is 314. The van der Waals surface area contributed by atoms with Crippen LogP contribution in [0.25, 0.3) is 0 Å². The summed E-state index contributed by atoms with van der Waals surface area (Å²) >= 11 is 0. The van der Waals surface area contributed by atoms with Crippen LogP contribution < -0.4 is 10.6 Å². The van der Waals surface area contributed by atoms with Gasteiger partial charge in [-0.05, 0) is 39.0 Å². The van der Waals surface area contributed by atoms with E-state index in [1.54, 1.807) is 0 Å². The molecule has 0 aliphatic carbocycles. The average Bonchev–Trinajstić information content (AvgIpc) is 2.41. The fourth-order valence-electron chi connectivity index (χ4n) is 1.93. The zero-order valence-corrected chi connectivity index (χ0v) is 14.9. The number of rotatable bonds is 9. The second-order valence-corrected chi connectivity index (χ2v) is 7.22. The zero-order chi connectivity index (χ0) is 17.4. The number of hydrogen-bond donors (Lipinski definition) is 4. The first-order chi connectivity index (χ1) is 10.1. The molecule has 0 fully saturated rings. The minimum atomic E-state index is -0.668. The van der Waals surface area contributed by atoms with Crippen LogP contribution in [-0.4, -0.2) is 53.7 Å². The Morgan fingerprint density at radius 2 is 1.68 bits per heavy atom. The molecule has 0 aliphatic rings. The van der Waals surface area contributed by atoms with Crippen LogP contribution in [0.5, 0.6) is 0 Å². The number of carbonyl (C=O) groups excluding carboxylic acids is 1. The van der Waals surface area contributed by atoms with Crippen LogP contribution in [0.4, 0.5) is 4.79 Å². The van der Waals surface area contributed by atoms with Gasteiger partial charge in [-0.15, -0.1) is 0 Å². The van der Waals surface area contributed by atoms with Gasteiger partial charge in [-0.3, -0.25) is 0 Å². The molecule has 0 aromatic heterocycles. The number of hydrogen-bond acceptors (Lipinski definition) is 5. The van der Waals surface area contributed by atoms with Crippen LogP contribution in [-0.2, 0) is 4.74 Å². The van der Waals surface area contributed by atoms with E-state index >= 15 is 0 Å². The van der Waals surface area contributed by atoms with Crippen LogP contribution in [0.1, 0.15) is 48.0 Å². The third kappa shape index (κ3) is 7.96. The van der Waals surface area contributed by atoms with E-state index in [1.807, 2.05) is 27.7 Å². The van der Waals surface area contributed by atoms with Gasteiger partial charge in [-0.1, -0.05) is 20.8 Å². The van der Waals surface area contributed by atoms with Crippen LogP contribution in [0.15, 0.2) is 0 Å². The number of alkyl carbamates (subject to hydrolysis) is 1. The van der Waals surface area contributed by atoms with Crippen molar-refractivity contribution >= 4 is 6.09 Å². The molecule has 132 valence electrons. The Balaban J connectivity index is 4.47. The van der Waals surface area contributed by atoms with Crippen molar-refractivity contribution in [2.75, 3.05) is 26.3 Å². The second-order valence-electron chi connectivity index (χ2n) is 7.22. The summed E-state index contributed by atoms with van der Waals surface area (Å²) in [6.07, 6.45) is 0.203. The molecule has 0 spiro atoms. The third-order valence-corrected chi connectivity index (χ3v) is 3.87. The van der Waals surface area contributed by atoms with E-state index in [9.17, 15) is 15.0 Å². The first-order valence-corrected chi connectivity index (χ1v) is 8.02. The monoisotopic (exact) mass is 318 g/mol. The lowest BCUT2D eigenvalue weighted by Gasteiger charge is -2.33. The second kappa shape index (κ2) is 9.33.